The molecule has 114 valence electrons. The number of carbonyl (C=O) groups is 1. The summed E-state index contributed by atoms with van der Waals surface area (Å²) in [7, 11) is 0. The zero-order valence-electron chi connectivity index (χ0n) is 10.9. The second-order valence-corrected chi connectivity index (χ2v) is 4.26. The van der Waals surface area contributed by atoms with E-state index in [1.807, 2.05) is 0 Å². The van der Waals surface area contributed by atoms with Crippen LogP contribution in [-0.4, -0.2) is 41.6 Å². The van der Waals surface area contributed by atoms with E-state index < -0.39 is 29.9 Å². The SMILES string of the molecule is CCOC(=O)C1OC(c2ccccc2)=NC1(O)C(F)(F)F. The average Bonchev–Trinajstić information content (AvgIpc) is 2.79. The van der Waals surface area contributed by atoms with Gasteiger partial charge in [-0.05, 0) is 19.1 Å². The van der Waals surface area contributed by atoms with Gasteiger partial charge in [-0.2, -0.15) is 13.2 Å². The maximum atomic E-state index is 13.0. The highest BCUT2D eigenvalue weighted by Gasteiger charge is 2.67. The average molecular weight is 303 g/mol. The minimum Gasteiger partial charge on any atom is -0.463 e. The molecule has 1 N–H and O–H groups in total. The van der Waals surface area contributed by atoms with Crippen molar-refractivity contribution in [3.8, 4) is 0 Å². The van der Waals surface area contributed by atoms with Crippen molar-refractivity contribution < 1.29 is 32.5 Å². The second-order valence-electron chi connectivity index (χ2n) is 4.26. The molecule has 1 aliphatic heterocycles. The Morgan fingerprint density at radius 1 is 1.43 bits per heavy atom. The highest BCUT2D eigenvalue weighted by Crippen LogP contribution is 2.40. The Morgan fingerprint density at radius 3 is 2.57 bits per heavy atom. The number of nitrogens with zero attached hydrogens (tertiary/aromatic N) is 1. The van der Waals surface area contributed by atoms with E-state index in [0.717, 1.165) is 0 Å². The number of alkyl halides is 3. The number of carbonyl (C=O) groups excluding carboxylic acids is 1. The van der Waals surface area contributed by atoms with Crippen molar-refractivity contribution in [3.63, 3.8) is 0 Å². The summed E-state index contributed by atoms with van der Waals surface area (Å²) in [6, 6.07) is 7.67. The lowest BCUT2D eigenvalue weighted by atomic mass is 10.1. The minimum atomic E-state index is -5.18. The molecule has 0 aliphatic carbocycles. The maximum absolute atomic E-state index is 13.0. The summed E-state index contributed by atoms with van der Waals surface area (Å²) in [6.07, 6.45) is -7.46. The van der Waals surface area contributed by atoms with E-state index in [4.69, 9.17) is 4.74 Å². The lowest BCUT2D eigenvalue weighted by Gasteiger charge is -2.26. The zero-order chi connectivity index (χ0) is 15.7. The first kappa shape index (κ1) is 15.3. The number of benzene rings is 1. The highest BCUT2D eigenvalue weighted by molar-refractivity contribution is 5.98. The Bertz CT molecular complexity index is 558. The first-order valence-corrected chi connectivity index (χ1v) is 6.07. The molecule has 2 atom stereocenters. The van der Waals surface area contributed by atoms with Gasteiger partial charge in [0.15, 0.2) is 0 Å². The Labute approximate surface area is 118 Å². The number of ether oxygens (including phenoxy) is 2. The molecular weight excluding hydrogens is 291 g/mol. The standard InChI is InChI=1S/C13H12F3NO4/c1-2-20-11(18)9-12(19,13(14,15)16)17-10(21-9)8-6-4-3-5-7-8/h3-7,9,19H,2H2,1H3. The third-order valence-corrected chi connectivity index (χ3v) is 2.81. The van der Waals surface area contributed by atoms with Crippen LogP contribution in [-0.2, 0) is 14.3 Å². The van der Waals surface area contributed by atoms with Crippen molar-refractivity contribution in [2.45, 2.75) is 24.9 Å². The second kappa shape index (κ2) is 5.36. The molecule has 0 saturated heterocycles. The van der Waals surface area contributed by atoms with Crippen LogP contribution in [0.1, 0.15) is 12.5 Å². The van der Waals surface area contributed by atoms with Crippen LogP contribution in [0.5, 0.6) is 0 Å². The number of aliphatic hydroxyl groups is 1. The molecule has 2 unspecified atom stereocenters. The van der Waals surface area contributed by atoms with Crippen LogP contribution in [0.3, 0.4) is 0 Å². The highest BCUT2D eigenvalue weighted by atomic mass is 19.4. The van der Waals surface area contributed by atoms with Crippen molar-refractivity contribution in [1.29, 1.82) is 0 Å². The molecule has 0 bridgehead atoms. The third kappa shape index (κ3) is 2.71. The van der Waals surface area contributed by atoms with Crippen LogP contribution in [0.4, 0.5) is 13.2 Å². The molecule has 21 heavy (non-hydrogen) atoms. The lowest BCUT2D eigenvalue weighted by Crippen LogP contribution is -2.54. The molecule has 5 nitrogen and oxygen atoms in total. The maximum Gasteiger partial charge on any atom is 0.443 e. The van der Waals surface area contributed by atoms with Crippen molar-refractivity contribution in [2.24, 2.45) is 4.99 Å². The monoisotopic (exact) mass is 303 g/mol. The predicted molar refractivity (Wildman–Crippen MR) is 65.5 cm³/mol. The van der Waals surface area contributed by atoms with Crippen LogP contribution in [0.25, 0.3) is 0 Å². The molecular formula is C13H12F3NO4. The molecule has 0 radical (unpaired) electrons. The Morgan fingerprint density at radius 2 is 2.05 bits per heavy atom. The smallest absolute Gasteiger partial charge is 0.443 e. The van der Waals surface area contributed by atoms with E-state index in [2.05, 4.69) is 9.73 Å². The number of hydrogen-bond acceptors (Lipinski definition) is 5. The minimum absolute atomic E-state index is 0.146. The van der Waals surface area contributed by atoms with Crippen LogP contribution in [0, 0.1) is 0 Å². The Hall–Kier alpha value is -2.09. The summed E-state index contributed by atoms with van der Waals surface area (Å²) in [5, 5.41) is 9.78. The van der Waals surface area contributed by atoms with Gasteiger partial charge < -0.3 is 14.6 Å². The summed E-state index contributed by atoms with van der Waals surface area (Å²) < 4.78 is 48.5. The topological polar surface area (TPSA) is 68.1 Å². The van der Waals surface area contributed by atoms with Gasteiger partial charge in [0.05, 0.1) is 6.61 Å². The number of esters is 1. The van der Waals surface area contributed by atoms with Gasteiger partial charge >= 0.3 is 17.9 Å². The summed E-state index contributed by atoms with van der Waals surface area (Å²) >= 11 is 0. The molecule has 1 aromatic rings. The number of rotatable bonds is 3. The Balaban J connectivity index is 2.41. The molecule has 0 aromatic heterocycles. The number of halogens is 3. The van der Waals surface area contributed by atoms with E-state index in [1.165, 1.54) is 19.1 Å². The van der Waals surface area contributed by atoms with Crippen LogP contribution < -0.4 is 0 Å². The third-order valence-electron chi connectivity index (χ3n) is 2.81. The fraction of sp³-hybridized carbons (Fsp3) is 0.385. The molecule has 0 fully saturated rings. The molecule has 2 rings (SSSR count). The summed E-state index contributed by atoms with van der Waals surface area (Å²) in [5.41, 5.74) is -3.45. The van der Waals surface area contributed by atoms with Crippen molar-refractivity contribution in [1.82, 2.24) is 0 Å². The molecule has 1 heterocycles. The summed E-state index contributed by atoms with van der Waals surface area (Å²) in [6.45, 7) is 1.28. The van der Waals surface area contributed by atoms with Gasteiger partial charge in [0.25, 0.3) is 6.10 Å². The fourth-order valence-electron chi connectivity index (χ4n) is 1.79. The predicted octanol–water partition coefficient (Wildman–Crippen LogP) is 1.65. The van der Waals surface area contributed by atoms with E-state index >= 15 is 0 Å². The quantitative estimate of drug-likeness (QED) is 0.862. The van der Waals surface area contributed by atoms with Gasteiger partial charge in [0, 0.05) is 5.56 Å². The largest absolute Gasteiger partial charge is 0.463 e. The van der Waals surface area contributed by atoms with Crippen LogP contribution in [0.2, 0.25) is 0 Å². The number of aliphatic imine (C=N–C) groups is 1. The van der Waals surface area contributed by atoms with Crippen molar-refractivity contribution in [2.75, 3.05) is 6.61 Å². The van der Waals surface area contributed by atoms with Gasteiger partial charge in [-0.3, -0.25) is 0 Å². The van der Waals surface area contributed by atoms with Gasteiger partial charge in [-0.15, -0.1) is 0 Å². The van der Waals surface area contributed by atoms with Gasteiger partial charge in [-0.1, -0.05) is 18.2 Å². The number of hydrogen-bond donors (Lipinski definition) is 1. The zero-order valence-corrected chi connectivity index (χ0v) is 10.9. The Kier molecular flexibility index (Phi) is 3.91. The van der Waals surface area contributed by atoms with Crippen LogP contribution in [0.15, 0.2) is 35.3 Å². The van der Waals surface area contributed by atoms with Crippen molar-refractivity contribution in [3.05, 3.63) is 35.9 Å². The molecule has 0 amide bonds. The normalized spacial score (nSPS) is 25.2. The van der Waals surface area contributed by atoms with Crippen molar-refractivity contribution >= 4 is 11.9 Å². The molecule has 1 aliphatic rings. The van der Waals surface area contributed by atoms with E-state index in [1.54, 1.807) is 18.2 Å². The van der Waals surface area contributed by atoms with E-state index in [0.29, 0.717) is 0 Å². The molecule has 1 aromatic carbocycles. The molecule has 8 heteroatoms. The summed E-state index contributed by atoms with van der Waals surface area (Å²) in [5.74, 6) is -1.79. The first-order valence-electron chi connectivity index (χ1n) is 6.07. The fourth-order valence-corrected chi connectivity index (χ4v) is 1.79. The molecule has 0 spiro atoms. The van der Waals surface area contributed by atoms with Crippen LogP contribution >= 0.6 is 0 Å². The van der Waals surface area contributed by atoms with E-state index in [9.17, 15) is 23.1 Å². The van der Waals surface area contributed by atoms with Gasteiger partial charge in [-0.25, -0.2) is 9.79 Å². The van der Waals surface area contributed by atoms with Gasteiger partial charge in [0.1, 0.15) is 0 Å². The first-order chi connectivity index (χ1) is 9.79. The summed E-state index contributed by atoms with van der Waals surface area (Å²) in [4.78, 5) is 14.8. The molecule has 0 saturated carbocycles. The van der Waals surface area contributed by atoms with Gasteiger partial charge in [0.2, 0.25) is 5.90 Å². The van der Waals surface area contributed by atoms with E-state index in [-0.39, 0.29) is 12.2 Å². The lowest BCUT2D eigenvalue weighted by molar-refractivity contribution is -0.276.